The molecule has 1 aromatic heterocycles. The highest BCUT2D eigenvalue weighted by Gasteiger charge is 2.06. The SMILES string of the molecule is Cn1ccnc1CCNc1ccc(C(N)=S)c(F)c1. The van der Waals surface area contributed by atoms with E-state index in [1.54, 1.807) is 18.3 Å². The number of benzene rings is 1. The Morgan fingerprint density at radius 3 is 2.89 bits per heavy atom. The number of nitrogens with two attached hydrogens (primary N) is 1. The Hall–Kier alpha value is -1.95. The van der Waals surface area contributed by atoms with Crippen molar-refractivity contribution in [2.45, 2.75) is 6.42 Å². The summed E-state index contributed by atoms with van der Waals surface area (Å²) in [4.78, 5) is 4.28. The number of aryl methyl sites for hydroxylation is 1. The fourth-order valence-electron chi connectivity index (χ4n) is 1.78. The molecule has 1 aromatic carbocycles. The van der Waals surface area contributed by atoms with Gasteiger partial charge < -0.3 is 15.6 Å². The second-order valence-electron chi connectivity index (χ2n) is 4.19. The summed E-state index contributed by atoms with van der Waals surface area (Å²) in [5.74, 6) is 0.571. The van der Waals surface area contributed by atoms with Crippen LogP contribution in [0, 0.1) is 5.82 Å². The number of rotatable bonds is 5. The van der Waals surface area contributed by atoms with Crippen LogP contribution < -0.4 is 11.1 Å². The lowest BCUT2D eigenvalue weighted by Crippen LogP contribution is -2.13. The summed E-state index contributed by atoms with van der Waals surface area (Å²) in [6.07, 6.45) is 4.42. The van der Waals surface area contributed by atoms with Crippen molar-refractivity contribution in [2.24, 2.45) is 12.8 Å². The quantitative estimate of drug-likeness (QED) is 0.820. The number of hydrogen-bond donors (Lipinski definition) is 2. The Morgan fingerprint density at radius 2 is 2.32 bits per heavy atom. The lowest BCUT2D eigenvalue weighted by atomic mass is 10.2. The van der Waals surface area contributed by atoms with Gasteiger partial charge in [-0.05, 0) is 18.2 Å². The predicted octanol–water partition coefficient (Wildman–Crippen LogP) is 1.85. The summed E-state index contributed by atoms with van der Waals surface area (Å²) >= 11 is 4.75. The molecule has 0 aliphatic carbocycles. The van der Waals surface area contributed by atoms with E-state index in [4.69, 9.17) is 18.0 Å². The highest BCUT2D eigenvalue weighted by Crippen LogP contribution is 2.14. The molecule has 0 radical (unpaired) electrons. The van der Waals surface area contributed by atoms with Gasteiger partial charge in [0.15, 0.2) is 0 Å². The fraction of sp³-hybridized carbons (Fsp3) is 0.231. The van der Waals surface area contributed by atoms with Crippen LogP contribution in [-0.4, -0.2) is 21.1 Å². The van der Waals surface area contributed by atoms with Crippen molar-refractivity contribution in [1.29, 1.82) is 0 Å². The standard InChI is InChI=1S/C13H15FN4S/c1-18-7-6-17-12(18)4-5-16-9-2-3-10(13(15)19)11(14)8-9/h2-3,6-8,16H,4-5H2,1H3,(H2,15,19). The number of aromatic nitrogens is 2. The Kier molecular flexibility index (Phi) is 4.11. The molecule has 6 heteroatoms. The fourth-order valence-corrected chi connectivity index (χ4v) is 1.95. The Balaban J connectivity index is 1.95. The highest BCUT2D eigenvalue weighted by molar-refractivity contribution is 7.80. The molecule has 4 nitrogen and oxygen atoms in total. The van der Waals surface area contributed by atoms with Crippen molar-refractivity contribution < 1.29 is 4.39 Å². The van der Waals surface area contributed by atoms with Crippen LogP contribution in [0.2, 0.25) is 0 Å². The first-order valence-corrected chi connectivity index (χ1v) is 6.28. The van der Waals surface area contributed by atoms with Crippen LogP contribution in [0.5, 0.6) is 0 Å². The van der Waals surface area contributed by atoms with Crippen molar-refractivity contribution >= 4 is 22.9 Å². The minimum Gasteiger partial charge on any atom is -0.389 e. The molecule has 0 saturated carbocycles. The van der Waals surface area contributed by atoms with Crippen LogP contribution >= 0.6 is 12.2 Å². The number of anilines is 1. The Labute approximate surface area is 116 Å². The maximum Gasteiger partial charge on any atom is 0.135 e. The molecular formula is C13H15FN4S. The molecule has 2 aromatic rings. The van der Waals surface area contributed by atoms with E-state index in [2.05, 4.69) is 10.3 Å². The first-order chi connectivity index (χ1) is 9.08. The van der Waals surface area contributed by atoms with E-state index in [1.807, 2.05) is 17.8 Å². The number of halogens is 1. The summed E-state index contributed by atoms with van der Waals surface area (Å²) in [7, 11) is 1.94. The molecule has 2 rings (SSSR count). The van der Waals surface area contributed by atoms with E-state index < -0.39 is 5.82 Å². The highest BCUT2D eigenvalue weighted by atomic mass is 32.1. The van der Waals surface area contributed by atoms with Gasteiger partial charge in [0.2, 0.25) is 0 Å². The molecule has 3 N–H and O–H groups in total. The molecule has 0 saturated heterocycles. The third-order valence-electron chi connectivity index (χ3n) is 2.83. The predicted molar refractivity (Wildman–Crippen MR) is 77.7 cm³/mol. The summed E-state index contributed by atoms with van der Waals surface area (Å²) in [5.41, 5.74) is 6.37. The molecule has 19 heavy (non-hydrogen) atoms. The van der Waals surface area contributed by atoms with E-state index in [0.717, 1.165) is 12.2 Å². The van der Waals surface area contributed by atoms with Gasteiger partial charge in [-0.25, -0.2) is 9.37 Å². The zero-order valence-electron chi connectivity index (χ0n) is 10.6. The summed E-state index contributed by atoms with van der Waals surface area (Å²) in [6.45, 7) is 0.677. The van der Waals surface area contributed by atoms with Crippen LogP contribution in [0.15, 0.2) is 30.6 Å². The smallest absolute Gasteiger partial charge is 0.135 e. The molecule has 0 fully saturated rings. The molecule has 0 aliphatic rings. The van der Waals surface area contributed by atoms with E-state index >= 15 is 0 Å². The van der Waals surface area contributed by atoms with Gasteiger partial charge in [-0.2, -0.15) is 0 Å². The van der Waals surface area contributed by atoms with Gasteiger partial charge in [0.1, 0.15) is 16.6 Å². The summed E-state index contributed by atoms with van der Waals surface area (Å²) in [5, 5.41) is 3.14. The first kappa shape index (κ1) is 13.5. The third kappa shape index (κ3) is 3.29. The Bertz CT molecular complexity index is 594. The topological polar surface area (TPSA) is 55.9 Å². The molecule has 0 bridgehead atoms. The van der Waals surface area contributed by atoms with E-state index in [9.17, 15) is 4.39 Å². The van der Waals surface area contributed by atoms with Gasteiger partial charge in [-0.3, -0.25) is 0 Å². The largest absolute Gasteiger partial charge is 0.389 e. The van der Waals surface area contributed by atoms with Gasteiger partial charge in [0, 0.05) is 43.7 Å². The van der Waals surface area contributed by atoms with Crippen LogP contribution in [0.25, 0.3) is 0 Å². The van der Waals surface area contributed by atoms with Crippen LogP contribution in [-0.2, 0) is 13.5 Å². The zero-order chi connectivity index (χ0) is 13.8. The third-order valence-corrected chi connectivity index (χ3v) is 3.05. The second-order valence-corrected chi connectivity index (χ2v) is 4.63. The van der Waals surface area contributed by atoms with Crippen LogP contribution in [0.1, 0.15) is 11.4 Å². The number of hydrogen-bond acceptors (Lipinski definition) is 3. The van der Waals surface area contributed by atoms with Crippen molar-refractivity contribution in [2.75, 3.05) is 11.9 Å². The minimum atomic E-state index is -0.408. The lowest BCUT2D eigenvalue weighted by molar-refractivity contribution is 0.626. The number of imidazole rings is 1. The second kappa shape index (κ2) is 5.79. The molecular weight excluding hydrogens is 263 g/mol. The van der Waals surface area contributed by atoms with E-state index in [-0.39, 0.29) is 10.6 Å². The van der Waals surface area contributed by atoms with Gasteiger partial charge in [0.25, 0.3) is 0 Å². The van der Waals surface area contributed by atoms with Gasteiger partial charge in [0.05, 0.1) is 0 Å². The van der Waals surface area contributed by atoms with Crippen molar-refractivity contribution in [1.82, 2.24) is 9.55 Å². The minimum absolute atomic E-state index is 0.0667. The Morgan fingerprint density at radius 1 is 1.53 bits per heavy atom. The number of thiocarbonyl (C=S) groups is 1. The number of nitrogens with zero attached hydrogens (tertiary/aromatic N) is 2. The van der Waals surface area contributed by atoms with Crippen LogP contribution in [0.4, 0.5) is 10.1 Å². The maximum absolute atomic E-state index is 13.6. The van der Waals surface area contributed by atoms with Gasteiger partial charge >= 0.3 is 0 Å². The van der Waals surface area contributed by atoms with Gasteiger partial charge in [-0.15, -0.1) is 0 Å². The van der Waals surface area contributed by atoms with Crippen LogP contribution in [0.3, 0.4) is 0 Å². The van der Waals surface area contributed by atoms with E-state index in [0.29, 0.717) is 12.2 Å². The first-order valence-electron chi connectivity index (χ1n) is 5.87. The molecule has 0 aliphatic heterocycles. The average Bonchev–Trinajstić information content (AvgIpc) is 2.75. The summed E-state index contributed by atoms with van der Waals surface area (Å²) < 4.78 is 15.6. The van der Waals surface area contributed by atoms with E-state index in [1.165, 1.54) is 6.07 Å². The summed E-state index contributed by atoms with van der Waals surface area (Å²) in [6, 6.07) is 4.74. The van der Waals surface area contributed by atoms with Crippen molar-refractivity contribution in [3.8, 4) is 0 Å². The maximum atomic E-state index is 13.6. The zero-order valence-corrected chi connectivity index (χ0v) is 11.4. The molecule has 1 heterocycles. The normalized spacial score (nSPS) is 10.4. The molecule has 100 valence electrons. The van der Waals surface area contributed by atoms with Crippen molar-refractivity contribution in [3.05, 3.63) is 47.8 Å². The molecule has 0 unspecified atom stereocenters. The molecule has 0 amide bonds. The van der Waals surface area contributed by atoms with Crippen molar-refractivity contribution in [3.63, 3.8) is 0 Å². The molecule has 0 atom stereocenters. The monoisotopic (exact) mass is 278 g/mol. The van der Waals surface area contributed by atoms with Gasteiger partial charge in [-0.1, -0.05) is 12.2 Å². The number of nitrogens with one attached hydrogen (secondary N) is 1. The molecule has 0 spiro atoms. The lowest BCUT2D eigenvalue weighted by Gasteiger charge is -2.08. The average molecular weight is 278 g/mol.